The Morgan fingerprint density at radius 1 is 0.917 bits per heavy atom. The van der Waals surface area contributed by atoms with E-state index in [2.05, 4.69) is 0 Å². The van der Waals surface area contributed by atoms with E-state index >= 15 is 0 Å². The van der Waals surface area contributed by atoms with Crippen LogP contribution < -0.4 is 0 Å². The third-order valence-electron chi connectivity index (χ3n) is 3.00. The summed E-state index contributed by atoms with van der Waals surface area (Å²) in [5.74, 6) is -3.24. The first-order valence-corrected chi connectivity index (χ1v) is 7.85. The summed E-state index contributed by atoms with van der Waals surface area (Å²) in [6.45, 7) is 8.46. The summed E-state index contributed by atoms with van der Waals surface area (Å²) in [6, 6.07) is 0. The quantitative estimate of drug-likeness (QED) is 0.501. The minimum absolute atomic E-state index is 0.264. The molecule has 144 valence electrons. The highest BCUT2D eigenvalue weighted by atomic mass is 19.3. The van der Waals surface area contributed by atoms with Crippen LogP contribution in [0.15, 0.2) is 0 Å². The van der Waals surface area contributed by atoms with Crippen molar-refractivity contribution in [2.45, 2.75) is 78.8 Å². The van der Waals surface area contributed by atoms with Crippen molar-refractivity contribution >= 4 is 11.9 Å². The Balaban J connectivity index is 0. The van der Waals surface area contributed by atoms with Crippen LogP contribution in [0.2, 0.25) is 0 Å². The van der Waals surface area contributed by atoms with Crippen LogP contribution in [0, 0.1) is 11.8 Å². The van der Waals surface area contributed by atoms with Gasteiger partial charge in [-0.25, -0.2) is 17.6 Å². The van der Waals surface area contributed by atoms with E-state index in [9.17, 15) is 27.2 Å². The molecule has 0 aliphatic heterocycles. The van der Waals surface area contributed by atoms with Crippen molar-refractivity contribution in [2.75, 3.05) is 0 Å². The zero-order valence-electron chi connectivity index (χ0n) is 14.8. The van der Waals surface area contributed by atoms with Gasteiger partial charge in [0.2, 0.25) is 12.9 Å². The van der Waals surface area contributed by atoms with E-state index in [0.29, 0.717) is 6.42 Å². The first-order chi connectivity index (χ1) is 10.8. The van der Waals surface area contributed by atoms with Gasteiger partial charge in [0.1, 0.15) is 5.60 Å². The molecule has 0 aliphatic rings. The van der Waals surface area contributed by atoms with Crippen LogP contribution in [0.25, 0.3) is 0 Å². The predicted octanol–water partition coefficient (Wildman–Crippen LogP) is 4.76. The fourth-order valence-electron chi connectivity index (χ4n) is 1.69. The van der Waals surface area contributed by atoms with Crippen LogP contribution in [-0.4, -0.2) is 35.5 Å². The van der Waals surface area contributed by atoms with Gasteiger partial charge in [-0.3, -0.25) is 9.59 Å². The number of hydrogen-bond acceptors (Lipinski definition) is 3. The van der Waals surface area contributed by atoms with E-state index < -0.39 is 55.1 Å². The zero-order chi connectivity index (χ0) is 19.5. The smallest absolute Gasteiger partial charge is 0.309 e. The van der Waals surface area contributed by atoms with Gasteiger partial charge in [0.15, 0.2) is 0 Å². The van der Waals surface area contributed by atoms with Crippen molar-refractivity contribution in [2.24, 2.45) is 11.8 Å². The Morgan fingerprint density at radius 2 is 1.29 bits per heavy atom. The second-order valence-electron chi connectivity index (χ2n) is 6.34. The number of esters is 1. The number of carboxylic acids is 1. The maximum Gasteiger partial charge on any atom is 0.309 e. The highest BCUT2D eigenvalue weighted by molar-refractivity contribution is 5.72. The first-order valence-electron chi connectivity index (χ1n) is 7.85. The number of halogens is 4. The Bertz CT molecular complexity index is 368. The summed E-state index contributed by atoms with van der Waals surface area (Å²) >= 11 is 0. The lowest BCUT2D eigenvalue weighted by Crippen LogP contribution is -2.29. The lowest BCUT2D eigenvalue weighted by molar-refractivity contribution is -0.161. The summed E-state index contributed by atoms with van der Waals surface area (Å²) in [5, 5.41) is 8.29. The normalized spacial score (nSPS) is 14.0. The van der Waals surface area contributed by atoms with Gasteiger partial charge in [-0.05, 0) is 33.6 Å². The number of carbonyl (C=O) groups is 2. The number of ether oxygens (including phenoxy) is 1. The van der Waals surface area contributed by atoms with Gasteiger partial charge in [0, 0.05) is 12.8 Å². The number of alkyl halides is 4. The maximum atomic E-state index is 12.1. The topological polar surface area (TPSA) is 63.6 Å². The number of carboxylic acid groups (broad SMARTS) is 1. The fourth-order valence-corrected chi connectivity index (χ4v) is 1.69. The van der Waals surface area contributed by atoms with E-state index in [4.69, 9.17) is 9.84 Å². The van der Waals surface area contributed by atoms with Gasteiger partial charge in [0.25, 0.3) is 0 Å². The molecule has 4 nitrogen and oxygen atoms in total. The molecule has 0 rings (SSSR count). The molecule has 0 aliphatic carbocycles. The molecule has 0 aromatic carbocycles. The molecule has 0 spiro atoms. The lowest BCUT2D eigenvalue weighted by atomic mass is 10.0. The van der Waals surface area contributed by atoms with E-state index in [0.717, 1.165) is 0 Å². The van der Waals surface area contributed by atoms with Crippen LogP contribution in [0.4, 0.5) is 17.6 Å². The maximum absolute atomic E-state index is 12.1. The Morgan fingerprint density at radius 3 is 1.50 bits per heavy atom. The Labute approximate surface area is 140 Å². The molecule has 0 aromatic rings. The molecule has 0 fully saturated rings. The van der Waals surface area contributed by atoms with E-state index in [1.165, 1.54) is 0 Å². The summed E-state index contributed by atoms with van der Waals surface area (Å²) in [4.78, 5) is 21.5. The molecule has 0 heterocycles. The van der Waals surface area contributed by atoms with E-state index in [1.54, 1.807) is 34.6 Å². The van der Waals surface area contributed by atoms with Gasteiger partial charge in [-0.2, -0.15) is 0 Å². The molecule has 1 N–H and O–H groups in total. The van der Waals surface area contributed by atoms with Crippen molar-refractivity contribution < 1.29 is 37.0 Å². The molecule has 0 radical (unpaired) electrons. The Hall–Kier alpha value is -1.34. The second-order valence-corrected chi connectivity index (χ2v) is 6.34. The van der Waals surface area contributed by atoms with Crippen molar-refractivity contribution in [3.8, 4) is 0 Å². The molecule has 0 bridgehead atoms. The summed E-state index contributed by atoms with van der Waals surface area (Å²) in [5.41, 5.74) is -0.605. The highest BCUT2D eigenvalue weighted by Crippen LogP contribution is 2.19. The minimum Gasteiger partial charge on any atom is -0.481 e. The molecule has 0 saturated heterocycles. The summed E-state index contributed by atoms with van der Waals surface area (Å²) in [7, 11) is 0. The average molecular weight is 360 g/mol. The SMILES string of the molecule is CCC(CC(F)F)C(=O)O.CCC(CC(F)F)C(=O)OC(C)(C)C. The Kier molecular flexibility index (Phi) is 12.5. The van der Waals surface area contributed by atoms with Crippen LogP contribution in [0.1, 0.15) is 60.3 Å². The molecular weight excluding hydrogens is 332 g/mol. The van der Waals surface area contributed by atoms with Crippen molar-refractivity contribution in [3.63, 3.8) is 0 Å². The highest BCUT2D eigenvalue weighted by Gasteiger charge is 2.26. The summed E-state index contributed by atoms with van der Waals surface area (Å²) < 4.78 is 52.3. The predicted molar refractivity (Wildman–Crippen MR) is 82.3 cm³/mol. The molecule has 8 heteroatoms. The number of hydrogen-bond donors (Lipinski definition) is 1. The standard InChI is InChI=1S/C10H18F2O2.C6H10F2O2/c1-5-7(6-8(11)12)9(13)14-10(2,3)4;1-2-4(6(9)10)3-5(7)8/h7-8H,5-6H2,1-4H3;4-5H,2-3H2,1H3,(H,9,10). The van der Waals surface area contributed by atoms with E-state index in [1.807, 2.05) is 0 Å². The fraction of sp³-hybridized carbons (Fsp3) is 0.875. The van der Waals surface area contributed by atoms with Gasteiger partial charge in [0.05, 0.1) is 11.8 Å². The molecule has 24 heavy (non-hydrogen) atoms. The monoisotopic (exact) mass is 360 g/mol. The first kappa shape index (κ1) is 24.9. The van der Waals surface area contributed by atoms with Crippen LogP contribution in [-0.2, 0) is 14.3 Å². The molecule has 0 saturated carbocycles. The van der Waals surface area contributed by atoms with Crippen molar-refractivity contribution in [1.82, 2.24) is 0 Å². The molecule has 2 atom stereocenters. The molecule has 2 unspecified atom stereocenters. The third-order valence-corrected chi connectivity index (χ3v) is 3.00. The van der Waals surface area contributed by atoms with Gasteiger partial charge < -0.3 is 9.84 Å². The summed E-state index contributed by atoms with van der Waals surface area (Å²) in [6.07, 6.45) is -5.26. The molecule has 0 aromatic heterocycles. The van der Waals surface area contributed by atoms with Crippen LogP contribution in [0.5, 0.6) is 0 Å². The zero-order valence-corrected chi connectivity index (χ0v) is 14.8. The molecular formula is C16H28F4O4. The largest absolute Gasteiger partial charge is 0.481 e. The third kappa shape index (κ3) is 14.3. The van der Waals surface area contributed by atoms with Crippen molar-refractivity contribution in [3.05, 3.63) is 0 Å². The number of carbonyl (C=O) groups excluding carboxylic acids is 1. The number of aliphatic carboxylic acids is 1. The average Bonchev–Trinajstić information content (AvgIpc) is 2.40. The lowest BCUT2D eigenvalue weighted by Gasteiger charge is -2.23. The van der Waals surface area contributed by atoms with Gasteiger partial charge in [-0.1, -0.05) is 13.8 Å². The minimum atomic E-state index is -2.51. The van der Waals surface area contributed by atoms with Gasteiger partial charge in [-0.15, -0.1) is 0 Å². The van der Waals surface area contributed by atoms with Gasteiger partial charge >= 0.3 is 11.9 Å². The van der Waals surface area contributed by atoms with Crippen LogP contribution >= 0.6 is 0 Å². The van der Waals surface area contributed by atoms with Crippen molar-refractivity contribution in [1.29, 1.82) is 0 Å². The number of rotatable bonds is 8. The second kappa shape index (κ2) is 12.1. The molecule has 0 amide bonds. The van der Waals surface area contributed by atoms with E-state index in [-0.39, 0.29) is 6.42 Å². The van der Waals surface area contributed by atoms with Crippen LogP contribution in [0.3, 0.4) is 0 Å².